The number of nitrogens with zero attached hydrogens (tertiary/aromatic N) is 4. The lowest BCUT2D eigenvalue weighted by Gasteiger charge is -2.18. The molecule has 1 unspecified atom stereocenters. The predicted octanol–water partition coefficient (Wildman–Crippen LogP) is 3.92. The Bertz CT molecular complexity index is 1360. The molecule has 0 saturated carbocycles. The van der Waals surface area contributed by atoms with Gasteiger partial charge in [0, 0.05) is 31.5 Å². The van der Waals surface area contributed by atoms with E-state index in [1.807, 2.05) is 6.92 Å². The molecule has 0 spiro atoms. The Labute approximate surface area is 187 Å². The number of likely N-dealkylation sites (tertiary alicyclic amines) is 1. The lowest BCUT2D eigenvalue weighted by atomic mass is 10.1. The van der Waals surface area contributed by atoms with Crippen molar-refractivity contribution in [3.05, 3.63) is 65.5 Å². The van der Waals surface area contributed by atoms with Gasteiger partial charge in [0.2, 0.25) is 5.88 Å². The highest BCUT2D eigenvalue weighted by Crippen LogP contribution is 2.32. The maximum atomic E-state index is 14.1. The van der Waals surface area contributed by atoms with Crippen molar-refractivity contribution in [2.24, 2.45) is 0 Å². The number of aromatic nitrogens is 3. The maximum Gasteiger partial charge on any atom is 0.255 e. The second kappa shape index (κ2) is 7.66. The van der Waals surface area contributed by atoms with Crippen LogP contribution in [0.5, 0.6) is 0 Å². The van der Waals surface area contributed by atoms with Gasteiger partial charge in [-0.1, -0.05) is 11.2 Å². The molecule has 4 aromatic rings. The third kappa shape index (κ3) is 3.72. The molecule has 1 saturated heterocycles. The fourth-order valence-electron chi connectivity index (χ4n) is 4.19. The van der Waals surface area contributed by atoms with Crippen LogP contribution in [0.1, 0.15) is 29.3 Å². The Morgan fingerprint density at radius 1 is 1.27 bits per heavy atom. The SMILES string of the molecule is Cc1c(C(=O)N2CCC(C)(O)C2)cn2nccc(Nc3cc(-c4c(F)cccc4F)no3)c12. The molecule has 1 fully saturated rings. The van der Waals surface area contributed by atoms with Crippen LogP contribution in [0.3, 0.4) is 0 Å². The van der Waals surface area contributed by atoms with Crippen LogP contribution in [0, 0.1) is 18.6 Å². The monoisotopic (exact) mass is 453 g/mol. The van der Waals surface area contributed by atoms with Crippen molar-refractivity contribution in [1.82, 2.24) is 19.7 Å². The minimum atomic E-state index is -0.893. The van der Waals surface area contributed by atoms with Gasteiger partial charge in [-0.15, -0.1) is 0 Å². The van der Waals surface area contributed by atoms with Crippen molar-refractivity contribution in [3.63, 3.8) is 0 Å². The molecule has 33 heavy (non-hydrogen) atoms. The number of carbonyl (C=O) groups excluding carboxylic acids is 1. The summed E-state index contributed by atoms with van der Waals surface area (Å²) in [6.45, 7) is 4.27. The van der Waals surface area contributed by atoms with E-state index in [0.717, 1.165) is 12.1 Å². The van der Waals surface area contributed by atoms with E-state index in [0.29, 0.717) is 35.3 Å². The Hall–Kier alpha value is -3.79. The zero-order valence-corrected chi connectivity index (χ0v) is 18.0. The summed E-state index contributed by atoms with van der Waals surface area (Å²) in [5.74, 6) is -1.50. The van der Waals surface area contributed by atoms with E-state index < -0.39 is 17.2 Å². The van der Waals surface area contributed by atoms with Crippen LogP contribution in [0.25, 0.3) is 16.8 Å². The highest BCUT2D eigenvalue weighted by Gasteiger charge is 2.35. The van der Waals surface area contributed by atoms with Crippen LogP contribution >= 0.6 is 0 Å². The van der Waals surface area contributed by atoms with E-state index in [4.69, 9.17) is 4.52 Å². The van der Waals surface area contributed by atoms with E-state index >= 15 is 0 Å². The van der Waals surface area contributed by atoms with Gasteiger partial charge in [-0.3, -0.25) is 4.79 Å². The second-order valence-corrected chi connectivity index (χ2v) is 8.48. The van der Waals surface area contributed by atoms with Crippen LogP contribution in [-0.2, 0) is 0 Å². The number of aryl methyl sites for hydroxylation is 1. The quantitative estimate of drug-likeness (QED) is 0.486. The van der Waals surface area contributed by atoms with E-state index in [1.54, 1.807) is 34.8 Å². The summed E-state index contributed by atoms with van der Waals surface area (Å²) in [6.07, 6.45) is 3.72. The van der Waals surface area contributed by atoms with Crippen LogP contribution in [0.2, 0.25) is 0 Å². The van der Waals surface area contributed by atoms with Gasteiger partial charge in [0.25, 0.3) is 5.91 Å². The molecule has 0 bridgehead atoms. The first-order valence-corrected chi connectivity index (χ1v) is 10.4. The summed E-state index contributed by atoms with van der Waals surface area (Å²) in [6, 6.07) is 6.67. The average Bonchev–Trinajstić information content (AvgIpc) is 3.45. The molecule has 1 aromatic carbocycles. The minimum Gasteiger partial charge on any atom is -0.388 e. The first-order valence-electron chi connectivity index (χ1n) is 10.4. The second-order valence-electron chi connectivity index (χ2n) is 8.48. The normalized spacial score (nSPS) is 18.3. The standard InChI is InChI=1S/C23H21F2N5O3/c1-13-14(22(31)29-9-7-23(2,32)12-29)11-30-21(13)17(6-8-26-30)27-19-10-18(28-33-19)20-15(24)4-3-5-16(20)25/h3-6,8,10-11,27,32H,7,9,12H2,1-2H3. The molecule has 0 radical (unpaired) electrons. The van der Waals surface area contributed by atoms with Gasteiger partial charge < -0.3 is 19.8 Å². The maximum absolute atomic E-state index is 14.1. The zero-order chi connectivity index (χ0) is 23.3. The summed E-state index contributed by atoms with van der Waals surface area (Å²) >= 11 is 0. The molecule has 3 aromatic heterocycles. The first-order chi connectivity index (χ1) is 15.7. The largest absolute Gasteiger partial charge is 0.388 e. The number of halogens is 2. The number of rotatable bonds is 4. The van der Waals surface area contributed by atoms with E-state index in [1.165, 1.54) is 12.1 Å². The number of nitrogens with one attached hydrogen (secondary N) is 1. The lowest BCUT2D eigenvalue weighted by Crippen LogP contribution is -2.34. The van der Waals surface area contributed by atoms with Crippen molar-refractivity contribution in [2.75, 3.05) is 18.4 Å². The highest BCUT2D eigenvalue weighted by atomic mass is 19.1. The van der Waals surface area contributed by atoms with E-state index in [9.17, 15) is 18.7 Å². The Morgan fingerprint density at radius 2 is 2.03 bits per heavy atom. The number of hydrogen-bond acceptors (Lipinski definition) is 6. The van der Waals surface area contributed by atoms with Crippen LogP contribution in [0.4, 0.5) is 20.4 Å². The molecule has 1 atom stereocenters. The van der Waals surface area contributed by atoms with Crippen LogP contribution in [0.15, 0.2) is 47.2 Å². The Kier molecular flexibility index (Phi) is 4.89. The predicted molar refractivity (Wildman–Crippen MR) is 116 cm³/mol. The molecule has 1 aliphatic rings. The number of anilines is 2. The average molecular weight is 453 g/mol. The molecule has 0 aliphatic carbocycles. The molecule has 10 heteroatoms. The topological polar surface area (TPSA) is 95.9 Å². The van der Waals surface area contributed by atoms with Crippen molar-refractivity contribution < 1.29 is 23.2 Å². The summed E-state index contributed by atoms with van der Waals surface area (Å²) in [4.78, 5) is 14.7. The number of amides is 1. The number of hydrogen-bond donors (Lipinski definition) is 2. The van der Waals surface area contributed by atoms with Gasteiger partial charge in [-0.25, -0.2) is 13.3 Å². The van der Waals surface area contributed by atoms with Gasteiger partial charge in [0.15, 0.2) is 0 Å². The number of aliphatic hydroxyl groups is 1. The number of fused-ring (bicyclic) bond motifs is 1. The molecule has 2 N–H and O–H groups in total. The third-order valence-corrected chi connectivity index (χ3v) is 5.88. The van der Waals surface area contributed by atoms with Crippen LogP contribution < -0.4 is 5.32 Å². The fraction of sp³-hybridized carbons (Fsp3) is 0.261. The van der Waals surface area contributed by atoms with Gasteiger partial charge in [0.05, 0.1) is 27.9 Å². The van der Waals surface area contributed by atoms with Gasteiger partial charge in [-0.05, 0) is 44.0 Å². The summed E-state index contributed by atoms with van der Waals surface area (Å²) < 4.78 is 35.0. The molecular weight excluding hydrogens is 432 g/mol. The molecule has 5 rings (SSSR count). The van der Waals surface area contributed by atoms with Gasteiger partial charge in [0.1, 0.15) is 17.3 Å². The van der Waals surface area contributed by atoms with Gasteiger partial charge in [-0.2, -0.15) is 5.10 Å². The zero-order valence-electron chi connectivity index (χ0n) is 18.0. The highest BCUT2D eigenvalue weighted by molar-refractivity contribution is 5.99. The number of carbonyl (C=O) groups is 1. The molecule has 4 heterocycles. The number of β-amino-alcohol motifs (C(OH)–C–C–N with tert-alkyl or cyclic N) is 1. The summed E-state index contributed by atoms with van der Waals surface area (Å²) in [5, 5.41) is 21.3. The van der Waals surface area contributed by atoms with Crippen LogP contribution in [-0.4, -0.2) is 49.4 Å². The molecule has 170 valence electrons. The smallest absolute Gasteiger partial charge is 0.255 e. The molecule has 8 nitrogen and oxygen atoms in total. The Balaban J connectivity index is 1.47. The van der Waals surface area contributed by atoms with E-state index in [2.05, 4.69) is 15.6 Å². The van der Waals surface area contributed by atoms with Crippen molar-refractivity contribution in [3.8, 4) is 11.3 Å². The minimum absolute atomic E-state index is 0.0160. The van der Waals surface area contributed by atoms with Crippen molar-refractivity contribution in [2.45, 2.75) is 25.9 Å². The summed E-state index contributed by atoms with van der Waals surface area (Å²) in [7, 11) is 0. The fourth-order valence-corrected chi connectivity index (χ4v) is 4.19. The third-order valence-electron chi connectivity index (χ3n) is 5.88. The molecule has 1 aliphatic heterocycles. The van der Waals surface area contributed by atoms with Crippen molar-refractivity contribution >= 4 is 23.0 Å². The molecular formula is C23H21F2N5O3. The number of benzene rings is 1. The Morgan fingerprint density at radius 3 is 2.73 bits per heavy atom. The molecule has 1 amide bonds. The van der Waals surface area contributed by atoms with E-state index in [-0.39, 0.29) is 29.6 Å². The lowest BCUT2D eigenvalue weighted by molar-refractivity contribution is 0.0572. The summed E-state index contributed by atoms with van der Waals surface area (Å²) in [5.41, 5.74) is 1.23. The van der Waals surface area contributed by atoms with Gasteiger partial charge >= 0.3 is 0 Å². The first kappa shape index (κ1) is 21.1. The van der Waals surface area contributed by atoms with Crippen molar-refractivity contribution in [1.29, 1.82) is 0 Å².